The first-order chi connectivity index (χ1) is 9.51. The van der Waals surface area contributed by atoms with Crippen molar-refractivity contribution in [2.45, 2.75) is 31.0 Å². The van der Waals surface area contributed by atoms with Crippen LogP contribution in [0.15, 0.2) is 12.2 Å². The quantitative estimate of drug-likeness (QED) is 0.295. The minimum absolute atomic E-state index is 0.0174. The molecule has 0 aromatic heterocycles. The molecule has 0 radical (unpaired) electrons. The third-order valence-electron chi connectivity index (χ3n) is 4.49. The van der Waals surface area contributed by atoms with Crippen LogP contribution in [0, 0.1) is 17.8 Å². The zero-order valence-corrected chi connectivity index (χ0v) is 14.6. The molecule has 0 N–H and O–H groups in total. The Bertz CT molecular complexity index is 380. The van der Waals surface area contributed by atoms with Gasteiger partial charge in [-0.15, -0.1) is 0 Å². The lowest BCUT2D eigenvalue weighted by atomic mass is 9.94. The fourth-order valence-electron chi connectivity index (χ4n) is 2.99. The molecule has 0 aromatic rings. The van der Waals surface area contributed by atoms with Crippen molar-refractivity contribution in [3.05, 3.63) is 12.2 Å². The molecular weight excluding hydrogens is 276 g/mol. The van der Waals surface area contributed by atoms with Gasteiger partial charge in [0.2, 0.25) is 6.29 Å². The van der Waals surface area contributed by atoms with Crippen LogP contribution in [0.2, 0.25) is 0 Å². The molecule has 0 heterocycles. The SMILES string of the molecule is COC(CC([SiH3])(OC)OC)OC(=O)C1CC2C=CC1C2. The minimum atomic E-state index is -0.685. The first-order valence-corrected chi connectivity index (χ1v) is 8.03. The Morgan fingerprint density at radius 1 is 1.30 bits per heavy atom. The lowest BCUT2D eigenvalue weighted by Crippen LogP contribution is -2.41. The van der Waals surface area contributed by atoms with Crippen molar-refractivity contribution in [1.29, 1.82) is 0 Å². The van der Waals surface area contributed by atoms with Gasteiger partial charge in [0, 0.05) is 21.3 Å². The number of ether oxygens (including phenoxy) is 4. The van der Waals surface area contributed by atoms with Crippen molar-refractivity contribution in [2.75, 3.05) is 21.3 Å². The predicted molar refractivity (Wildman–Crippen MR) is 77.0 cm³/mol. The summed E-state index contributed by atoms with van der Waals surface area (Å²) in [4.78, 5) is 12.3. The fourth-order valence-corrected chi connectivity index (χ4v) is 3.33. The van der Waals surface area contributed by atoms with E-state index in [2.05, 4.69) is 12.2 Å². The van der Waals surface area contributed by atoms with Gasteiger partial charge in [0.25, 0.3) is 0 Å². The van der Waals surface area contributed by atoms with E-state index >= 15 is 0 Å². The number of esters is 1. The van der Waals surface area contributed by atoms with Crippen LogP contribution in [0.4, 0.5) is 0 Å². The molecule has 114 valence electrons. The monoisotopic (exact) mass is 300 g/mol. The third-order valence-corrected chi connectivity index (χ3v) is 5.72. The van der Waals surface area contributed by atoms with Crippen molar-refractivity contribution >= 4 is 16.2 Å². The molecule has 4 atom stereocenters. The van der Waals surface area contributed by atoms with Gasteiger partial charge < -0.3 is 18.9 Å². The molecule has 2 rings (SSSR count). The van der Waals surface area contributed by atoms with Crippen LogP contribution in [-0.2, 0) is 23.7 Å². The van der Waals surface area contributed by atoms with E-state index in [0.717, 1.165) is 12.8 Å². The van der Waals surface area contributed by atoms with E-state index in [4.69, 9.17) is 18.9 Å². The number of rotatable bonds is 7. The molecule has 0 saturated heterocycles. The van der Waals surface area contributed by atoms with Gasteiger partial charge in [-0.2, -0.15) is 0 Å². The summed E-state index contributed by atoms with van der Waals surface area (Å²) < 4.78 is 21.4. The van der Waals surface area contributed by atoms with E-state index < -0.39 is 11.7 Å². The van der Waals surface area contributed by atoms with E-state index in [1.54, 1.807) is 14.2 Å². The summed E-state index contributed by atoms with van der Waals surface area (Å²) in [5.74, 6) is 0.714. The van der Waals surface area contributed by atoms with Crippen molar-refractivity contribution in [2.24, 2.45) is 17.8 Å². The van der Waals surface area contributed by atoms with Gasteiger partial charge in [0.05, 0.1) is 22.6 Å². The summed E-state index contributed by atoms with van der Waals surface area (Å²) in [6.45, 7) is 0. The van der Waals surface area contributed by atoms with Crippen LogP contribution in [0.5, 0.6) is 0 Å². The van der Waals surface area contributed by atoms with Crippen LogP contribution in [0.1, 0.15) is 19.3 Å². The predicted octanol–water partition coefficient (Wildman–Crippen LogP) is 0.416. The lowest BCUT2D eigenvalue weighted by Gasteiger charge is -2.30. The summed E-state index contributed by atoms with van der Waals surface area (Å²) >= 11 is 0. The average molecular weight is 300 g/mol. The van der Waals surface area contributed by atoms with Crippen LogP contribution in [0.3, 0.4) is 0 Å². The van der Waals surface area contributed by atoms with Gasteiger partial charge in [-0.05, 0) is 24.7 Å². The third kappa shape index (κ3) is 3.31. The number of hydrogen-bond acceptors (Lipinski definition) is 5. The second-order valence-corrected chi connectivity index (χ2v) is 7.26. The van der Waals surface area contributed by atoms with E-state index in [9.17, 15) is 4.79 Å². The number of allylic oxidation sites excluding steroid dienone is 2. The molecular formula is C14H24O5Si. The van der Waals surface area contributed by atoms with Crippen molar-refractivity contribution < 1.29 is 23.7 Å². The highest BCUT2D eigenvalue weighted by molar-refractivity contribution is 6.13. The first kappa shape index (κ1) is 15.7. The Hall–Kier alpha value is -0.693. The molecule has 4 unspecified atom stereocenters. The van der Waals surface area contributed by atoms with Crippen LogP contribution in [-0.4, -0.2) is 49.2 Å². The van der Waals surface area contributed by atoms with E-state index in [-0.39, 0.29) is 11.9 Å². The molecule has 2 aliphatic carbocycles. The Morgan fingerprint density at radius 3 is 2.45 bits per heavy atom. The Morgan fingerprint density at radius 2 is 2.00 bits per heavy atom. The van der Waals surface area contributed by atoms with E-state index in [1.165, 1.54) is 7.11 Å². The maximum absolute atomic E-state index is 12.3. The number of carbonyl (C=O) groups is 1. The molecule has 2 bridgehead atoms. The standard InChI is InChI=1S/C14H24O5Si/c1-16-12(8-14(20,17-2)18-3)19-13(15)11-7-9-4-5-10(11)6-9/h4-5,9-12H,6-8H2,1-3,20H3. The maximum atomic E-state index is 12.3. The van der Waals surface area contributed by atoms with Crippen LogP contribution < -0.4 is 0 Å². The zero-order valence-electron chi connectivity index (χ0n) is 12.6. The topological polar surface area (TPSA) is 54.0 Å². The van der Waals surface area contributed by atoms with Gasteiger partial charge in [0.15, 0.2) is 0 Å². The highest BCUT2D eigenvalue weighted by atomic mass is 28.1. The van der Waals surface area contributed by atoms with Gasteiger partial charge >= 0.3 is 5.97 Å². The number of fused-ring (bicyclic) bond motifs is 2. The van der Waals surface area contributed by atoms with Gasteiger partial charge in [-0.3, -0.25) is 4.79 Å². The Balaban J connectivity index is 1.90. The van der Waals surface area contributed by atoms with Crippen LogP contribution in [0.25, 0.3) is 0 Å². The molecule has 0 spiro atoms. The minimum Gasteiger partial charge on any atom is -0.435 e. The van der Waals surface area contributed by atoms with Crippen LogP contribution >= 0.6 is 0 Å². The highest BCUT2D eigenvalue weighted by Gasteiger charge is 2.42. The maximum Gasteiger partial charge on any atom is 0.311 e. The molecule has 20 heavy (non-hydrogen) atoms. The Kier molecular flexibility index (Phi) is 5.01. The summed E-state index contributed by atoms with van der Waals surface area (Å²) in [6.07, 6.45) is 6.10. The van der Waals surface area contributed by atoms with E-state index in [1.807, 2.05) is 0 Å². The molecule has 1 fully saturated rings. The van der Waals surface area contributed by atoms with Crippen molar-refractivity contribution in [1.82, 2.24) is 0 Å². The smallest absolute Gasteiger partial charge is 0.311 e. The first-order valence-electron chi connectivity index (χ1n) is 7.03. The summed E-state index contributed by atoms with van der Waals surface area (Å²) in [5, 5.41) is 0. The number of methoxy groups -OCH3 is 3. The summed E-state index contributed by atoms with van der Waals surface area (Å²) in [5.41, 5.74) is -0.685. The van der Waals surface area contributed by atoms with Gasteiger partial charge in [-0.1, -0.05) is 12.2 Å². The lowest BCUT2D eigenvalue weighted by molar-refractivity contribution is -0.215. The Labute approximate surface area is 123 Å². The molecule has 6 heteroatoms. The zero-order chi connectivity index (χ0) is 14.8. The molecule has 0 aromatic carbocycles. The van der Waals surface area contributed by atoms with Crippen molar-refractivity contribution in [3.8, 4) is 0 Å². The normalized spacial score (nSPS) is 29.9. The molecule has 0 aliphatic heterocycles. The fraction of sp³-hybridized carbons (Fsp3) is 0.786. The van der Waals surface area contributed by atoms with Gasteiger partial charge in [0.1, 0.15) is 5.41 Å². The average Bonchev–Trinajstić information content (AvgIpc) is 3.09. The summed E-state index contributed by atoms with van der Waals surface area (Å²) in [7, 11) is 5.37. The number of carbonyl (C=O) groups excluding carboxylic acids is 1. The van der Waals surface area contributed by atoms with Crippen molar-refractivity contribution in [3.63, 3.8) is 0 Å². The second-order valence-electron chi connectivity index (χ2n) is 5.74. The molecule has 5 nitrogen and oxygen atoms in total. The van der Waals surface area contributed by atoms with Gasteiger partial charge in [-0.25, -0.2) is 0 Å². The molecule has 1 saturated carbocycles. The largest absolute Gasteiger partial charge is 0.435 e. The molecule has 2 aliphatic rings. The highest BCUT2D eigenvalue weighted by Crippen LogP contribution is 2.44. The second kappa shape index (κ2) is 6.38. The summed E-state index contributed by atoms with van der Waals surface area (Å²) in [6, 6.07) is 0. The molecule has 0 amide bonds. The number of hydrogen-bond donors (Lipinski definition) is 0. The van der Waals surface area contributed by atoms with E-state index in [0.29, 0.717) is 28.5 Å².